The minimum absolute atomic E-state index is 0.0356. The summed E-state index contributed by atoms with van der Waals surface area (Å²) in [6, 6.07) is 8.95. The monoisotopic (exact) mass is 299 g/mol. The van der Waals surface area contributed by atoms with E-state index in [4.69, 9.17) is 0 Å². The van der Waals surface area contributed by atoms with Crippen molar-refractivity contribution in [2.45, 2.75) is 38.8 Å². The molecule has 2 heterocycles. The summed E-state index contributed by atoms with van der Waals surface area (Å²) in [5.74, 6) is -1.46. The molecular formula is C16H17N3O3. The highest BCUT2D eigenvalue weighted by atomic mass is 16.2. The molecular weight excluding hydrogens is 282 g/mol. The predicted molar refractivity (Wildman–Crippen MR) is 78.4 cm³/mol. The van der Waals surface area contributed by atoms with Crippen molar-refractivity contribution in [3.8, 4) is 6.07 Å². The zero-order chi connectivity index (χ0) is 16.3. The first-order valence-corrected chi connectivity index (χ1v) is 7.24. The van der Waals surface area contributed by atoms with E-state index in [0.717, 1.165) is 5.56 Å². The highest BCUT2D eigenvalue weighted by molar-refractivity contribution is 6.09. The number of amides is 3. The Bertz CT molecular complexity index is 677. The average molecular weight is 299 g/mol. The molecule has 3 rings (SSSR count). The Morgan fingerprint density at radius 3 is 2.50 bits per heavy atom. The van der Waals surface area contributed by atoms with Gasteiger partial charge >= 0.3 is 0 Å². The number of nitriles is 1. The molecule has 3 amide bonds. The van der Waals surface area contributed by atoms with Crippen LogP contribution < -0.4 is 5.32 Å². The third-order valence-electron chi connectivity index (χ3n) is 3.81. The van der Waals surface area contributed by atoms with Gasteiger partial charge in [0, 0.05) is 24.9 Å². The fraction of sp³-hybridized carbons (Fsp3) is 0.375. The summed E-state index contributed by atoms with van der Waals surface area (Å²) < 4.78 is 0. The van der Waals surface area contributed by atoms with Crippen molar-refractivity contribution in [3.05, 3.63) is 35.4 Å². The van der Waals surface area contributed by atoms with Crippen LogP contribution in [0.4, 0.5) is 0 Å². The second-order valence-corrected chi connectivity index (χ2v) is 4.90. The number of fused-ring (bicyclic) bond motifs is 1. The molecule has 6 heteroatoms. The van der Waals surface area contributed by atoms with Gasteiger partial charge in [-0.05, 0) is 11.6 Å². The van der Waals surface area contributed by atoms with Gasteiger partial charge in [0.2, 0.25) is 11.4 Å². The zero-order valence-electron chi connectivity index (χ0n) is 12.5. The van der Waals surface area contributed by atoms with E-state index < -0.39 is 17.4 Å². The summed E-state index contributed by atoms with van der Waals surface area (Å²) in [6.45, 7) is 4.21. The third kappa shape index (κ3) is 2.25. The van der Waals surface area contributed by atoms with E-state index in [1.807, 2.05) is 19.9 Å². The number of hydrogen-bond donors (Lipinski definition) is 1. The van der Waals surface area contributed by atoms with E-state index in [1.54, 1.807) is 24.3 Å². The molecule has 1 aromatic rings. The molecule has 1 aromatic carbocycles. The van der Waals surface area contributed by atoms with Gasteiger partial charge in [0.25, 0.3) is 11.8 Å². The molecule has 0 aromatic heterocycles. The van der Waals surface area contributed by atoms with Gasteiger partial charge in [-0.25, -0.2) is 0 Å². The van der Waals surface area contributed by atoms with Gasteiger partial charge in [-0.15, -0.1) is 0 Å². The normalized spacial score (nSPS) is 23.1. The maximum Gasteiger partial charge on any atom is 0.267 e. The van der Waals surface area contributed by atoms with Gasteiger partial charge in [0.05, 0.1) is 0 Å². The molecule has 1 N–H and O–H groups in total. The minimum atomic E-state index is -1.59. The molecule has 1 atom stereocenters. The maximum atomic E-state index is 12.4. The standard InChI is InChI=1S/C14H11N3O3.C2H6/c15-8-14(6-5-11(18)16-13(14)20)17-7-9-3-1-2-4-10(9)12(17)19;1-2/h1-4H,5-7H2,(H,16,18,20);1-2H3. The Balaban J connectivity index is 0.000000847. The Labute approximate surface area is 128 Å². The van der Waals surface area contributed by atoms with Gasteiger partial charge < -0.3 is 4.90 Å². The van der Waals surface area contributed by atoms with Crippen molar-refractivity contribution in [1.29, 1.82) is 5.26 Å². The van der Waals surface area contributed by atoms with Crippen LogP contribution in [0.15, 0.2) is 24.3 Å². The maximum absolute atomic E-state index is 12.4. The largest absolute Gasteiger partial charge is 0.308 e. The Morgan fingerprint density at radius 2 is 1.91 bits per heavy atom. The molecule has 2 aliphatic rings. The summed E-state index contributed by atoms with van der Waals surface area (Å²) in [5, 5.41) is 11.6. The summed E-state index contributed by atoms with van der Waals surface area (Å²) in [7, 11) is 0. The molecule has 1 fully saturated rings. The summed E-state index contributed by atoms with van der Waals surface area (Å²) >= 11 is 0. The van der Waals surface area contributed by atoms with E-state index in [2.05, 4.69) is 5.32 Å². The van der Waals surface area contributed by atoms with Crippen LogP contribution in [0, 0.1) is 11.3 Å². The van der Waals surface area contributed by atoms with Crippen molar-refractivity contribution < 1.29 is 14.4 Å². The minimum Gasteiger partial charge on any atom is -0.308 e. The molecule has 114 valence electrons. The summed E-state index contributed by atoms with van der Waals surface area (Å²) in [5.41, 5.74) is -0.298. The fourth-order valence-corrected chi connectivity index (χ4v) is 2.69. The van der Waals surface area contributed by atoms with Gasteiger partial charge in [-0.1, -0.05) is 32.0 Å². The number of benzene rings is 1. The predicted octanol–water partition coefficient (Wildman–Crippen LogP) is 1.37. The topological polar surface area (TPSA) is 90.3 Å². The van der Waals surface area contributed by atoms with Crippen LogP contribution in [-0.2, 0) is 16.1 Å². The number of rotatable bonds is 1. The summed E-state index contributed by atoms with van der Waals surface area (Å²) in [6.07, 6.45) is 0.0906. The van der Waals surface area contributed by atoms with E-state index in [9.17, 15) is 19.6 Å². The Hall–Kier alpha value is -2.68. The molecule has 0 saturated carbocycles. The SMILES string of the molecule is CC.N#CC1(N2Cc3ccccc3C2=O)CCC(=O)NC1=O. The fourth-order valence-electron chi connectivity index (χ4n) is 2.69. The molecule has 22 heavy (non-hydrogen) atoms. The van der Waals surface area contributed by atoms with Gasteiger partial charge in [0.15, 0.2) is 0 Å². The second kappa shape index (κ2) is 5.98. The van der Waals surface area contributed by atoms with Gasteiger partial charge in [0.1, 0.15) is 6.07 Å². The highest BCUT2D eigenvalue weighted by Crippen LogP contribution is 2.33. The van der Waals surface area contributed by atoms with Crippen molar-refractivity contribution in [2.24, 2.45) is 0 Å². The lowest BCUT2D eigenvalue weighted by Crippen LogP contribution is -2.62. The van der Waals surface area contributed by atoms with E-state index in [1.165, 1.54) is 4.90 Å². The Morgan fingerprint density at radius 1 is 1.23 bits per heavy atom. The number of carbonyl (C=O) groups excluding carboxylic acids is 3. The van der Waals surface area contributed by atoms with Crippen LogP contribution in [0.5, 0.6) is 0 Å². The van der Waals surface area contributed by atoms with Crippen LogP contribution in [0.25, 0.3) is 0 Å². The van der Waals surface area contributed by atoms with Crippen LogP contribution in [0.3, 0.4) is 0 Å². The third-order valence-corrected chi connectivity index (χ3v) is 3.81. The van der Waals surface area contributed by atoms with Crippen LogP contribution >= 0.6 is 0 Å². The quantitative estimate of drug-likeness (QED) is 0.793. The van der Waals surface area contributed by atoms with Crippen molar-refractivity contribution >= 4 is 17.7 Å². The van der Waals surface area contributed by atoms with Crippen molar-refractivity contribution in [2.75, 3.05) is 0 Å². The van der Waals surface area contributed by atoms with Crippen molar-refractivity contribution in [3.63, 3.8) is 0 Å². The van der Waals surface area contributed by atoms with E-state index in [0.29, 0.717) is 5.56 Å². The molecule has 1 unspecified atom stereocenters. The van der Waals surface area contributed by atoms with Crippen LogP contribution in [0.2, 0.25) is 0 Å². The zero-order valence-corrected chi connectivity index (χ0v) is 12.5. The lowest BCUT2D eigenvalue weighted by molar-refractivity contribution is -0.140. The van der Waals surface area contributed by atoms with E-state index in [-0.39, 0.29) is 25.3 Å². The lowest BCUT2D eigenvalue weighted by Gasteiger charge is -2.36. The average Bonchev–Trinajstić information content (AvgIpc) is 2.88. The molecule has 1 saturated heterocycles. The first-order chi connectivity index (χ1) is 10.6. The first kappa shape index (κ1) is 15.7. The number of nitrogens with zero attached hydrogens (tertiary/aromatic N) is 2. The molecule has 0 aliphatic carbocycles. The number of imide groups is 1. The molecule has 0 radical (unpaired) electrons. The molecule has 0 spiro atoms. The smallest absolute Gasteiger partial charge is 0.267 e. The lowest BCUT2D eigenvalue weighted by atomic mass is 9.88. The van der Waals surface area contributed by atoms with Crippen LogP contribution in [-0.4, -0.2) is 28.2 Å². The summed E-state index contributed by atoms with van der Waals surface area (Å²) in [4.78, 5) is 37.0. The highest BCUT2D eigenvalue weighted by Gasteiger charge is 2.52. The Kier molecular flexibility index (Phi) is 4.27. The number of piperidine rings is 1. The van der Waals surface area contributed by atoms with Crippen molar-refractivity contribution in [1.82, 2.24) is 10.2 Å². The number of hydrogen-bond acceptors (Lipinski definition) is 4. The molecule has 6 nitrogen and oxygen atoms in total. The van der Waals surface area contributed by atoms with E-state index >= 15 is 0 Å². The van der Waals surface area contributed by atoms with Gasteiger partial charge in [-0.2, -0.15) is 5.26 Å². The number of carbonyl (C=O) groups is 3. The molecule has 2 aliphatic heterocycles. The molecule has 0 bridgehead atoms. The van der Waals surface area contributed by atoms with Crippen LogP contribution in [0.1, 0.15) is 42.6 Å². The second-order valence-electron chi connectivity index (χ2n) is 4.90. The van der Waals surface area contributed by atoms with Gasteiger partial charge in [-0.3, -0.25) is 19.7 Å². The first-order valence-electron chi connectivity index (χ1n) is 7.24. The number of nitrogens with one attached hydrogen (secondary N) is 1.